The van der Waals surface area contributed by atoms with Crippen LogP contribution in [0.25, 0.3) is 17.0 Å². The van der Waals surface area contributed by atoms with Gasteiger partial charge in [0.25, 0.3) is 16.4 Å². The zero-order valence-corrected chi connectivity index (χ0v) is 26.5. The topological polar surface area (TPSA) is 149 Å². The van der Waals surface area contributed by atoms with Crippen molar-refractivity contribution < 1.29 is 17.2 Å². The van der Waals surface area contributed by atoms with E-state index >= 15 is 0 Å². The summed E-state index contributed by atoms with van der Waals surface area (Å²) in [4.78, 5) is 11.3. The van der Waals surface area contributed by atoms with Crippen LogP contribution in [0.1, 0.15) is 56.8 Å². The van der Waals surface area contributed by atoms with Gasteiger partial charge in [-0.1, -0.05) is 6.92 Å². The third kappa shape index (κ3) is 6.79. The second kappa shape index (κ2) is 11.9. The predicted octanol–water partition coefficient (Wildman–Crippen LogP) is 2.88. The first kappa shape index (κ1) is 31.3. The van der Waals surface area contributed by atoms with Gasteiger partial charge in [-0.05, 0) is 76.2 Å². The van der Waals surface area contributed by atoms with Crippen LogP contribution in [0.5, 0.6) is 0 Å². The molecule has 2 saturated carbocycles. The Kier molecular flexibility index (Phi) is 8.29. The Morgan fingerprint density at radius 3 is 2.64 bits per heavy atom. The second-order valence-corrected chi connectivity index (χ2v) is 15.1. The quantitative estimate of drug-likeness (QED) is 0.285. The minimum Gasteiger partial charge on any atom is -0.382 e. The van der Waals surface area contributed by atoms with Crippen molar-refractivity contribution in [2.75, 3.05) is 20.6 Å². The summed E-state index contributed by atoms with van der Waals surface area (Å²) in [6.07, 6.45) is 12.3. The molecule has 45 heavy (non-hydrogen) atoms. The summed E-state index contributed by atoms with van der Waals surface area (Å²) in [6, 6.07) is 3.58. The van der Waals surface area contributed by atoms with E-state index in [2.05, 4.69) is 51.7 Å². The molecule has 3 aliphatic rings. The minimum absolute atomic E-state index is 0.181. The molecular weight excluding hydrogens is 602 g/mol. The number of nitrogens with one attached hydrogen (secondary N) is 2. The Balaban J connectivity index is 1.28. The van der Waals surface area contributed by atoms with Gasteiger partial charge in [-0.15, -0.1) is 0 Å². The Bertz CT molecular complexity index is 1700. The van der Waals surface area contributed by atoms with E-state index in [9.17, 15) is 17.2 Å². The molecule has 12 nitrogen and oxygen atoms in total. The fourth-order valence-electron chi connectivity index (χ4n) is 6.25. The molecule has 1 unspecified atom stereocenters. The van der Waals surface area contributed by atoms with Gasteiger partial charge in [-0.2, -0.15) is 14.3 Å². The van der Waals surface area contributed by atoms with Crippen LogP contribution in [-0.2, 0) is 22.2 Å². The van der Waals surface area contributed by atoms with E-state index in [-0.39, 0.29) is 17.3 Å². The van der Waals surface area contributed by atoms with E-state index < -0.39 is 33.9 Å². The first-order chi connectivity index (χ1) is 21.3. The van der Waals surface area contributed by atoms with Crippen molar-refractivity contribution in [1.82, 2.24) is 44.5 Å². The molecule has 0 aromatic carbocycles. The number of aromatic nitrogens is 6. The van der Waals surface area contributed by atoms with Gasteiger partial charge >= 0.3 is 0 Å². The maximum Gasteiger partial charge on any atom is 0.257 e. The SMILES string of the molecule is CN(C)CC1(C)CCC(NC2=CC(N)(c3ccnc(-c4cnn(S(=O)(=O)C5CC5)c4)n3)NC=C2c2ccn(CC(F)F)n2)CC1. The van der Waals surface area contributed by atoms with Gasteiger partial charge < -0.3 is 21.3 Å². The number of hydrogen-bond acceptors (Lipinski definition) is 10. The summed E-state index contributed by atoms with van der Waals surface area (Å²) in [5.41, 5.74) is 8.77. The van der Waals surface area contributed by atoms with E-state index in [0.29, 0.717) is 35.4 Å². The lowest BCUT2D eigenvalue weighted by Crippen LogP contribution is -2.50. The molecule has 4 N–H and O–H groups in total. The van der Waals surface area contributed by atoms with Crippen molar-refractivity contribution in [3.8, 4) is 11.4 Å². The molecular formula is C30H40F2N10O2S. The molecule has 0 bridgehead atoms. The van der Waals surface area contributed by atoms with E-state index in [1.54, 1.807) is 24.5 Å². The highest BCUT2D eigenvalue weighted by molar-refractivity contribution is 7.90. The van der Waals surface area contributed by atoms with Gasteiger partial charge in [-0.25, -0.2) is 27.2 Å². The Hall–Kier alpha value is -3.69. The minimum atomic E-state index is -3.53. The summed E-state index contributed by atoms with van der Waals surface area (Å²) < 4.78 is 53.7. The maximum atomic E-state index is 13.1. The van der Waals surface area contributed by atoms with Gasteiger partial charge in [0, 0.05) is 42.5 Å². The predicted molar refractivity (Wildman–Crippen MR) is 166 cm³/mol. The Morgan fingerprint density at radius 1 is 1.20 bits per heavy atom. The van der Waals surface area contributed by atoms with E-state index in [1.807, 2.05) is 6.08 Å². The van der Waals surface area contributed by atoms with Crippen LogP contribution in [0.15, 0.2) is 54.9 Å². The van der Waals surface area contributed by atoms with Crippen LogP contribution in [0.2, 0.25) is 0 Å². The summed E-state index contributed by atoms with van der Waals surface area (Å²) in [6.45, 7) is 2.85. The number of nitrogens with zero attached hydrogens (tertiary/aromatic N) is 7. The molecule has 3 aromatic heterocycles. The van der Waals surface area contributed by atoms with Gasteiger partial charge in [0.2, 0.25) is 0 Å². The van der Waals surface area contributed by atoms with Crippen LogP contribution >= 0.6 is 0 Å². The number of nitrogens with two attached hydrogens (primary N) is 1. The largest absolute Gasteiger partial charge is 0.382 e. The van der Waals surface area contributed by atoms with Crippen molar-refractivity contribution in [3.05, 3.63) is 66.3 Å². The lowest BCUT2D eigenvalue weighted by atomic mass is 9.73. The number of allylic oxidation sites excluding steroid dienone is 1. The monoisotopic (exact) mass is 642 g/mol. The average Bonchev–Trinajstić information content (AvgIpc) is 3.56. The van der Waals surface area contributed by atoms with Crippen LogP contribution in [0, 0.1) is 5.41 Å². The molecule has 4 heterocycles. The molecule has 2 aliphatic carbocycles. The molecule has 2 fully saturated rings. The average molecular weight is 643 g/mol. The molecule has 1 aliphatic heterocycles. The zero-order chi connectivity index (χ0) is 32.0. The molecule has 3 aromatic rings. The lowest BCUT2D eigenvalue weighted by Gasteiger charge is -2.40. The number of rotatable bonds is 11. The Morgan fingerprint density at radius 2 is 1.96 bits per heavy atom. The molecule has 1 atom stereocenters. The molecule has 6 rings (SSSR count). The third-order valence-corrected chi connectivity index (χ3v) is 10.7. The van der Waals surface area contributed by atoms with Crippen molar-refractivity contribution in [2.45, 2.75) is 75.4 Å². The molecule has 15 heteroatoms. The lowest BCUT2D eigenvalue weighted by molar-refractivity contribution is 0.122. The van der Waals surface area contributed by atoms with Crippen LogP contribution in [-0.4, -0.2) is 80.6 Å². The summed E-state index contributed by atoms with van der Waals surface area (Å²) in [5, 5.41) is 15.0. The number of alkyl halides is 2. The second-order valence-electron chi connectivity index (χ2n) is 13.0. The van der Waals surface area contributed by atoms with Gasteiger partial charge in [0.05, 0.1) is 34.6 Å². The summed E-state index contributed by atoms with van der Waals surface area (Å²) in [7, 11) is 0.664. The molecule has 0 radical (unpaired) electrons. The first-order valence-electron chi connectivity index (χ1n) is 15.2. The normalized spacial score (nSPS) is 25.6. The summed E-state index contributed by atoms with van der Waals surface area (Å²) in [5.74, 6) is 0.284. The highest BCUT2D eigenvalue weighted by atomic mass is 32.2. The number of hydrogen-bond donors (Lipinski definition) is 3. The van der Waals surface area contributed by atoms with E-state index in [0.717, 1.165) is 42.0 Å². The highest BCUT2D eigenvalue weighted by Gasteiger charge is 2.38. The van der Waals surface area contributed by atoms with Crippen molar-refractivity contribution in [1.29, 1.82) is 0 Å². The summed E-state index contributed by atoms with van der Waals surface area (Å²) >= 11 is 0. The Labute approximate surface area is 261 Å². The van der Waals surface area contributed by atoms with E-state index in [1.165, 1.54) is 23.3 Å². The van der Waals surface area contributed by atoms with Crippen LogP contribution < -0.4 is 16.4 Å². The van der Waals surface area contributed by atoms with Gasteiger partial charge in [0.15, 0.2) is 11.5 Å². The van der Waals surface area contributed by atoms with Crippen molar-refractivity contribution >= 4 is 15.6 Å². The zero-order valence-electron chi connectivity index (χ0n) is 25.7. The number of halogens is 2. The maximum absolute atomic E-state index is 13.1. The molecule has 0 amide bonds. The van der Waals surface area contributed by atoms with Crippen molar-refractivity contribution in [2.24, 2.45) is 11.1 Å². The van der Waals surface area contributed by atoms with Crippen LogP contribution in [0.4, 0.5) is 8.78 Å². The highest BCUT2D eigenvalue weighted by Crippen LogP contribution is 2.38. The fraction of sp³-hybridized carbons (Fsp3) is 0.533. The molecule has 0 spiro atoms. The molecule has 242 valence electrons. The fourth-order valence-corrected chi connectivity index (χ4v) is 7.73. The molecule has 0 saturated heterocycles. The van der Waals surface area contributed by atoms with Crippen molar-refractivity contribution in [3.63, 3.8) is 0 Å². The standard InChI is InChI=1S/C30H40F2N10O2S/c1-29(19-40(2)3)10-6-21(7-11-29)37-25-14-30(33,35-16-23(25)24-9-13-41(39-24)18-27(31)32)26-8-12-34-28(38-26)20-15-36-42(17-20)45(43,44)22-4-5-22/h8-9,12-17,21-22,27,35,37H,4-7,10-11,18-19,33H2,1-3H3. The van der Waals surface area contributed by atoms with Gasteiger partial charge in [0.1, 0.15) is 6.54 Å². The number of dihydropyridines is 1. The van der Waals surface area contributed by atoms with Crippen LogP contribution in [0.3, 0.4) is 0 Å². The van der Waals surface area contributed by atoms with E-state index in [4.69, 9.17) is 10.7 Å². The smallest absolute Gasteiger partial charge is 0.257 e. The first-order valence-corrected chi connectivity index (χ1v) is 16.7. The van der Waals surface area contributed by atoms with Gasteiger partial charge in [-0.3, -0.25) is 4.68 Å². The third-order valence-electron chi connectivity index (χ3n) is 8.71.